The van der Waals surface area contributed by atoms with E-state index in [-0.39, 0.29) is 11.5 Å². The van der Waals surface area contributed by atoms with Gasteiger partial charge in [-0.05, 0) is 30.2 Å². The first-order valence-corrected chi connectivity index (χ1v) is 11.5. The molecule has 1 heterocycles. The van der Waals surface area contributed by atoms with Crippen molar-refractivity contribution in [3.63, 3.8) is 0 Å². The quantitative estimate of drug-likeness (QED) is 0.433. The molecule has 1 unspecified atom stereocenters. The third kappa shape index (κ3) is 5.99. The lowest BCUT2D eigenvalue weighted by Crippen LogP contribution is -2.47. The molecule has 35 heavy (non-hydrogen) atoms. The fourth-order valence-electron chi connectivity index (χ4n) is 3.30. The van der Waals surface area contributed by atoms with Crippen LogP contribution in [0.2, 0.25) is 0 Å². The highest BCUT2D eigenvalue weighted by molar-refractivity contribution is 7.18. The fourth-order valence-corrected chi connectivity index (χ4v) is 4.04. The average molecular weight is 501 g/mol. The number of methoxy groups -OCH3 is 4. The number of anilines is 1. The van der Waals surface area contributed by atoms with E-state index in [1.54, 1.807) is 7.11 Å². The smallest absolute Gasteiger partial charge is 0.252 e. The lowest BCUT2D eigenvalue weighted by atomic mass is 10.0. The van der Waals surface area contributed by atoms with Gasteiger partial charge >= 0.3 is 0 Å². The summed E-state index contributed by atoms with van der Waals surface area (Å²) in [5.41, 5.74) is 1.08. The lowest BCUT2D eigenvalue weighted by molar-refractivity contribution is -0.118. The molecular weight excluding hydrogens is 472 g/mol. The number of ether oxygens (including phenoxy) is 4. The SMILES string of the molecule is COc1cccc(-c2nnc(NC(=O)C(NC(=O)c3cc(OC)c(OC)c(OC)c3)C(C)C)s2)c1. The molecule has 1 atom stereocenters. The highest BCUT2D eigenvalue weighted by Gasteiger charge is 2.27. The van der Waals surface area contributed by atoms with Crippen LogP contribution in [-0.4, -0.2) is 56.5 Å². The monoisotopic (exact) mass is 500 g/mol. The van der Waals surface area contributed by atoms with Gasteiger partial charge in [-0.3, -0.25) is 14.9 Å². The molecule has 0 fully saturated rings. The van der Waals surface area contributed by atoms with Crippen molar-refractivity contribution >= 4 is 28.3 Å². The Morgan fingerprint density at radius 2 is 1.60 bits per heavy atom. The Bertz CT molecular complexity index is 1170. The summed E-state index contributed by atoms with van der Waals surface area (Å²) in [4.78, 5) is 26.1. The van der Waals surface area contributed by atoms with E-state index in [4.69, 9.17) is 18.9 Å². The zero-order valence-electron chi connectivity index (χ0n) is 20.4. The van der Waals surface area contributed by atoms with Crippen LogP contribution in [0.1, 0.15) is 24.2 Å². The minimum absolute atomic E-state index is 0.202. The molecular formula is C24H28N4O6S. The zero-order chi connectivity index (χ0) is 25.5. The van der Waals surface area contributed by atoms with Gasteiger partial charge < -0.3 is 24.3 Å². The van der Waals surface area contributed by atoms with Crippen LogP contribution in [0.4, 0.5) is 5.13 Å². The summed E-state index contributed by atoms with van der Waals surface area (Å²) < 4.78 is 21.2. The summed E-state index contributed by atoms with van der Waals surface area (Å²) in [5, 5.41) is 14.7. The minimum atomic E-state index is -0.828. The van der Waals surface area contributed by atoms with Crippen LogP contribution >= 0.6 is 11.3 Å². The van der Waals surface area contributed by atoms with E-state index in [1.807, 2.05) is 38.1 Å². The van der Waals surface area contributed by atoms with Gasteiger partial charge in [-0.25, -0.2) is 0 Å². The molecule has 0 spiro atoms. The predicted octanol–water partition coefficient (Wildman–Crippen LogP) is 3.63. The number of carbonyl (C=O) groups excluding carboxylic acids is 2. The van der Waals surface area contributed by atoms with Crippen molar-refractivity contribution in [2.75, 3.05) is 33.8 Å². The first-order chi connectivity index (χ1) is 16.8. The van der Waals surface area contributed by atoms with Gasteiger partial charge in [0, 0.05) is 11.1 Å². The molecule has 0 aliphatic heterocycles. The van der Waals surface area contributed by atoms with E-state index < -0.39 is 17.9 Å². The van der Waals surface area contributed by atoms with Crippen molar-refractivity contribution < 1.29 is 28.5 Å². The van der Waals surface area contributed by atoms with Crippen LogP contribution in [-0.2, 0) is 4.79 Å². The zero-order valence-corrected chi connectivity index (χ0v) is 21.2. The van der Waals surface area contributed by atoms with E-state index in [9.17, 15) is 9.59 Å². The van der Waals surface area contributed by atoms with Gasteiger partial charge in [0.2, 0.25) is 16.8 Å². The molecule has 11 heteroatoms. The third-order valence-corrected chi connectivity index (χ3v) is 6.02. The number of nitrogens with one attached hydrogen (secondary N) is 2. The van der Waals surface area contributed by atoms with Crippen LogP contribution in [0.15, 0.2) is 36.4 Å². The molecule has 0 radical (unpaired) electrons. The summed E-state index contributed by atoms with van der Waals surface area (Å²) in [6, 6.07) is 9.61. The number of carbonyl (C=O) groups is 2. The molecule has 0 bridgehead atoms. The molecule has 2 amide bonds. The molecule has 3 aromatic rings. The van der Waals surface area contributed by atoms with Crippen LogP contribution in [0, 0.1) is 5.92 Å². The molecule has 0 aliphatic rings. The van der Waals surface area contributed by atoms with Gasteiger partial charge in [-0.15, -0.1) is 10.2 Å². The Morgan fingerprint density at radius 3 is 2.17 bits per heavy atom. The second kappa shape index (κ2) is 11.5. The maximum absolute atomic E-state index is 13.0. The van der Waals surface area contributed by atoms with Crippen molar-refractivity contribution in [1.29, 1.82) is 0 Å². The fraction of sp³-hybridized carbons (Fsp3) is 0.333. The molecule has 0 aliphatic carbocycles. The molecule has 186 valence electrons. The summed E-state index contributed by atoms with van der Waals surface area (Å²) in [6.07, 6.45) is 0. The number of hydrogen-bond donors (Lipinski definition) is 2. The van der Waals surface area contributed by atoms with E-state index >= 15 is 0 Å². The molecule has 3 rings (SSSR count). The largest absolute Gasteiger partial charge is 0.497 e. The summed E-state index contributed by atoms with van der Waals surface area (Å²) in [5.74, 6) is 0.654. The van der Waals surface area contributed by atoms with Gasteiger partial charge in [0.15, 0.2) is 11.5 Å². The Kier molecular flexibility index (Phi) is 8.48. The second-order valence-electron chi connectivity index (χ2n) is 7.74. The molecule has 2 N–H and O–H groups in total. The van der Waals surface area contributed by atoms with Crippen molar-refractivity contribution in [3.8, 4) is 33.6 Å². The Hall–Kier alpha value is -3.86. The highest BCUT2D eigenvalue weighted by atomic mass is 32.1. The topological polar surface area (TPSA) is 121 Å². The molecule has 1 aromatic heterocycles. The van der Waals surface area contributed by atoms with Crippen LogP contribution < -0.4 is 29.6 Å². The van der Waals surface area contributed by atoms with Gasteiger partial charge in [0.05, 0.1) is 28.4 Å². The Morgan fingerprint density at radius 1 is 0.914 bits per heavy atom. The lowest BCUT2D eigenvalue weighted by Gasteiger charge is -2.21. The van der Waals surface area contributed by atoms with Gasteiger partial charge in [0.1, 0.15) is 16.8 Å². The first-order valence-electron chi connectivity index (χ1n) is 10.7. The summed E-state index contributed by atoms with van der Waals surface area (Å²) >= 11 is 1.22. The van der Waals surface area contributed by atoms with Crippen molar-refractivity contribution in [1.82, 2.24) is 15.5 Å². The Balaban J connectivity index is 1.76. The maximum atomic E-state index is 13.0. The van der Waals surface area contributed by atoms with Crippen LogP contribution in [0.3, 0.4) is 0 Å². The van der Waals surface area contributed by atoms with Crippen LogP contribution in [0.25, 0.3) is 10.6 Å². The number of benzene rings is 2. The molecule has 10 nitrogen and oxygen atoms in total. The Labute approximate surface area is 207 Å². The average Bonchev–Trinajstić information content (AvgIpc) is 3.34. The number of rotatable bonds is 10. The summed E-state index contributed by atoms with van der Waals surface area (Å²) in [6.45, 7) is 3.67. The number of hydrogen-bond acceptors (Lipinski definition) is 9. The van der Waals surface area contributed by atoms with Gasteiger partial charge in [-0.2, -0.15) is 0 Å². The van der Waals surface area contributed by atoms with Crippen LogP contribution in [0.5, 0.6) is 23.0 Å². The number of amides is 2. The van der Waals surface area contributed by atoms with Crippen molar-refractivity contribution in [3.05, 3.63) is 42.0 Å². The first kappa shape index (κ1) is 25.8. The van der Waals surface area contributed by atoms with E-state index in [1.165, 1.54) is 44.8 Å². The number of nitrogens with zero attached hydrogens (tertiary/aromatic N) is 2. The predicted molar refractivity (Wildman–Crippen MR) is 133 cm³/mol. The summed E-state index contributed by atoms with van der Waals surface area (Å²) in [7, 11) is 5.99. The van der Waals surface area contributed by atoms with Crippen molar-refractivity contribution in [2.45, 2.75) is 19.9 Å². The number of aromatic nitrogens is 2. The van der Waals surface area contributed by atoms with Gasteiger partial charge in [-0.1, -0.05) is 37.3 Å². The molecule has 0 saturated carbocycles. The molecule has 2 aromatic carbocycles. The minimum Gasteiger partial charge on any atom is -0.497 e. The van der Waals surface area contributed by atoms with E-state index in [2.05, 4.69) is 20.8 Å². The van der Waals surface area contributed by atoms with Crippen molar-refractivity contribution in [2.24, 2.45) is 5.92 Å². The van der Waals surface area contributed by atoms with E-state index in [0.29, 0.717) is 33.1 Å². The van der Waals surface area contributed by atoms with Gasteiger partial charge in [0.25, 0.3) is 5.91 Å². The maximum Gasteiger partial charge on any atom is 0.252 e. The second-order valence-corrected chi connectivity index (χ2v) is 8.72. The highest BCUT2D eigenvalue weighted by Crippen LogP contribution is 2.38. The normalized spacial score (nSPS) is 11.5. The van der Waals surface area contributed by atoms with E-state index in [0.717, 1.165) is 5.56 Å². The molecule has 0 saturated heterocycles. The third-order valence-electron chi connectivity index (χ3n) is 5.13. The standard InChI is InChI=1S/C24H28N4O6S/c1-13(2)19(25-21(29)15-11-17(32-4)20(34-6)18(12-15)33-5)22(30)26-24-28-27-23(35-24)14-8-7-9-16(10-14)31-3/h7-13,19H,1-6H3,(H,25,29)(H,26,28,30).